The zero-order valence-electron chi connectivity index (χ0n) is 23.2. The second kappa shape index (κ2) is 6.58. The summed E-state index contributed by atoms with van der Waals surface area (Å²) in [5, 5.41) is 8.89. The fraction of sp³-hybridized carbons (Fsp3) is 0.0909. The molecule has 2 bridgehead atoms. The molecule has 5 aromatic carbocycles. The molecule has 0 unspecified atom stereocenters. The van der Waals surface area contributed by atoms with Gasteiger partial charge in [-0.3, -0.25) is 0 Å². The molecule has 4 fully saturated rings. The van der Waals surface area contributed by atoms with Crippen molar-refractivity contribution in [2.24, 2.45) is 0 Å². The number of hydrogen-bond donors (Lipinski definition) is 1. The van der Waals surface area contributed by atoms with E-state index in [9.17, 15) is 0 Å². The van der Waals surface area contributed by atoms with Crippen LogP contribution in [0.1, 0.15) is 25.0 Å². The molecule has 41 heavy (non-hydrogen) atoms. The summed E-state index contributed by atoms with van der Waals surface area (Å²) < 4.78 is 2.60. The zero-order valence-corrected chi connectivity index (χ0v) is 24.1. The van der Waals surface area contributed by atoms with E-state index in [2.05, 4.69) is 140 Å². The summed E-state index contributed by atoms with van der Waals surface area (Å²) in [5.74, 6) is 0. The molecule has 188 valence electrons. The van der Waals surface area contributed by atoms with Gasteiger partial charge in [-0.05, 0) is 0 Å². The molecule has 7 heterocycles. The fourth-order valence-corrected chi connectivity index (χ4v) is 18.5. The Hall–Kier alpha value is -3.55. The minimum atomic E-state index is -2.32. The molecular formula is C33H25B5N2P-. The van der Waals surface area contributed by atoms with E-state index in [0.717, 1.165) is 18.6 Å². The summed E-state index contributed by atoms with van der Waals surface area (Å²) in [6, 6.07) is 41.4. The predicted molar refractivity (Wildman–Crippen MR) is 184 cm³/mol. The Labute approximate surface area is 242 Å². The molecule has 1 aromatic heterocycles. The van der Waals surface area contributed by atoms with Crippen molar-refractivity contribution in [1.29, 1.82) is 0 Å². The summed E-state index contributed by atoms with van der Waals surface area (Å²) >= 11 is 0. The van der Waals surface area contributed by atoms with Crippen molar-refractivity contribution in [3.05, 3.63) is 120 Å². The second-order valence-electron chi connectivity index (χ2n) is 13.6. The van der Waals surface area contributed by atoms with Crippen LogP contribution in [0.3, 0.4) is 0 Å². The van der Waals surface area contributed by atoms with Gasteiger partial charge in [0.05, 0.1) is 0 Å². The molecule has 4 saturated heterocycles. The van der Waals surface area contributed by atoms with Gasteiger partial charge in [0.2, 0.25) is 0 Å². The Bertz CT molecular complexity index is 2190. The van der Waals surface area contributed by atoms with Gasteiger partial charge < -0.3 is 0 Å². The molecule has 0 amide bonds. The standard InChI is InChI=1S/C33H25B5N2P/c1-33(2)24-15-7-8-16-25(24)35-26-17-9-11-19-28(26)40-27-18-10-6-14-22(27)23-20-29(30(33)31(35)32(23)40)41(36-34-37(41)38(36)41)39-21-12-4-3-5-13-21/h3-20,39H,1-2H3/q-1. The molecule has 2 nitrogen and oxygen atoms in total. The third kappa shape index (κ3) is 2.10. The van der Waals surface area contributed by atoms with Crippen LogP contribution in [-0.2, 0) is 5.41 Å². The van der Waals surface area contributed by atoms with Gasteiger partial charge >= 0.3 is 243 Å². The van der Waals surface area contributed by atoms with Crippen molar-refractivity contribution in [3.8, 4) is 5.69 Å². The normalized spacial score (nSPS) is 20.9. The SMILES string of the molecule is CC1(C)c2ccccc2B2c3ccccc3-n3c4ccccc4c4cc(P56(Nc7ccccc7)B7[B-]B5B76)c1c2c43. The van der Waals surface area contributed by atoms with Gasteiger partial charge in [0.25, 0.3) is 0 Å². The number of anilines is 1. The molecule has 0 saturated carbocycles. The van der Waals surface area contributed by atoms with Crippen molar-refractivity contribution < 1.29 is 0 Å². The van der Waals surface area contributed by atoms with Gasteiger partial charge in [0, 0.05) is 0 Å². The predicted octanol–water partition coefficient (Wildman–Crippen LogP) is 4.33. The molecule has 0 atom stereocenters. The first-order valence-corrected chi connectivity index (χ1v) is 17.5. The van der Waals surface area contributed by atoms with Crippen LogP contribution < -0.4 is 26.8 Å². The van der Waals surface area contributed by atoms with Crippen molar-refractivity contribution >= 4 is 88.0 Å². The van der Waals surface area contributed by atoms with Crippen LogP contribution in [0.25, 0.3) is 27.5 Å². The molecule has 6 aliphatic rings. The third-order valence-corrected chi connectivity index (χ3v) is 18.8. The maximum absolute atomic E-state index is 4.37. The number of benzene rings is 5. The minimum absolute atomic E-state index is 0.0906. The monoisotopic (exact) mass is 535 g/mol. The number of aromatic nitrogens is 1. The first-order valence-electron chi connectivity index (χ1n) is 15.1. The van der Waals surface area contributed by atoms with Gasteiger partial charge in [0.15, 0.2) is 0 Å². The second-order valence-corrected chi connectivity index (χ2v) is 18.8. The van der Waals surface area contributed by atoms with Crippen LogP contribution >= 0.6 is 6.39 Å². The molecule has 0 spiro atoms. The Kier molecular flexibility index (Phi) is 3.55. The van der Waals surface area contributed by atoms with E-state index in [1.54, 1.807) is 16.3 Å². The van der Waals surface area contributed by atoms with Crippen LogP contribution in [-0.4, -0.2) is 37.0 Å². The van der Waals surface area contributed by atoms with Gasteiger partial charge in [-0.2, -0.15) is 0 Å². The van der Waals surface area contributed by atoms with Gasteiger partial charge in [-0.25, -0.2) is 0 Å². The number of nitrogens with zero attached hydrogens (tertiary/aromatic N) is 1. The molecule has 12 rings (SSSR count). The molecular weight excluding hydrogens is 509 g/mol. The van der Waals surface area contributed by atoms with E-state index < -0.39 is 6.39 Å². The molecule has 0 aliphatic carbocycles. The molecule has 2 radical (unpaired) electrons. The molecule has 1 N–H and O–H groups in total. The van der Waals surface area contributed by atoms with Crippen molar-refractivity contribution in [2.75, 3.05) is 5.09 Å². The van der Waals surface area contributed by atoms with Crippen LogP contribution in [0.15, 0.2) is 109 Å². The fourth-order valence-electron chi connectivity index (χ4n) is 10.1. The van der Waals surface area contributed by atoms with Gasteiger partial charge in [-0.1, -0.05) is 0 Å². The van der Waals surface area contributed by atoms with E-state index >= 15 is 0 Å². The van der Waals surface area contributed by atoms with E-state index in [1.807, 2.05) is 0 Å². The maximum atomic E-state index is 4.37. The summed E-state index contributed by atoms with van der Waals surface area (Å²) in [7, 11) is 2.67. The number of para-hydroxylation sites is 3. The summed E-state index contributed by atoms with van der Waals surface area (Å²) in [5.41, 5.74) is 12.9. The summed E-state index contributed by atoms with van der Waals surface area (Å²) in [6.45, 7) is 5.26. The van der Waals surface area contributed by atoms with Crippen molar-refractivity contribution in [2.45, 2.75) is 19.3 Å². The number of rotatable bonds is 3. The first kappa shape index (κ1) is 22.1. The van der Waals surface area contributed by atoms with E-state index in [1.165, 1.54) is 49.7 Å². The van der Waals surface area contributed by atoms with Crippen LogP contribution in [0.4, 0.5) is 5.69 Å². The van der Waals surface area contributed by atoms with E-state index in [-0.39, 0.29) is 12.1 Å². The van der Waals surface area contributed by atoms with Crippen molar-refractivity contribution in [1.82, 2.24) is 4.57 Å². The van der Waals surface area contributed by atoms with Crippen LogP contribution in [0.2, 0.25) is 0 Å². The van der Waals surface area contributed by atoms with Gasteiger partial charge in [0.1, 0.15) is 0 Å². The number of nitrogens with one attached hydrogen (secondary N) is 1. The average molecular weight is 535 g/mol. The summed E-state index contributed by atoms with van der Waals surface area (Å²) in [6.07, 6.45) is -0.0101. The third-order valence-electron chi connectivity index (χ3n) is 11.9. The Morgan fingerprint density at radius 2 is 1.44 bits per heavy atom. The zero-order chi connectivity index (χ0) is 26.9. The molecule has 8 heteroatoms. The topological polar surface area (TPSA) is 17.0 Å². The Morgan fingerprint density at radius 1 is 0.756 bits per heavy atom. The van der Waals surface area contributed by atoms with E-state index in [4.69, 9.17) is 0 Å². The van der Waals surface area contributed by atoms with Gasteiger partial charge in [-0.15, -0.1) is 0 Å². The first-order chi connectivity index (χ1) is 20.1. The van der Waals surface area contributed by atoms with Crippen LogP contribution in [0.5, 0.6) is 0 Å². The summed E-state index contributed by atoms with van der Waals surface area (Å²) in [4.78, 5) is 0. The number of fused-ring (bicyclic) bond motifs is 8. The van der Waals surface area contributed by atoms with Crippen LogP contribution in [0, 0.1) is 0 Å². The van der Waals surface area contributed by atoms with E-state index in [0.29, 0.717) is 0 Å². The van der Waals surface area contributed by atoms with Crippen molar-refractivity contribution in [3.63, 3.8) is 0 Å². The number of hydrogen-bond acceptors (Lipinski definition) is 1. The average Bonchev–Trinajstić information content (AvgIpc) is 3.57. The Morgan fingerprint density at radius 3 is 2.22 bits per heavy atom. The quantitative estimate of drug-likeness (QED) is 0.264. The molecule has 6 aromatic rings. The Balaban J connectivity index is 1.35. The molecule has 6 aliphatic heterocycles.